The van der Waals surface area contributed by atoms with Gasteiger partial charge in [-0.1, -0.05) is 51.1 Å². The van der Waals surface area contributed by atoms with E-state index in [1.165, 1.54) is 11.0 Å². The van der Waals surface area contributed by atoms with E-state index in [0.717, 1.165) is 5.56 Å². The van der Waals surface area contributed by atoms with Gasteiger partial charge in [0, 0.05) is 17.8 Å². The molecule has 0 aliphatic carbocycles. The third-order valence-electron chi connectivity index (χ3n) is 5.46. The summed E-state index contributed by atoms with van der Waals surface area (Å²) in [7, 11) is 0. The number of carbonyl (C=O) groups is 1. The smallest absolute Gasteiger partial charge is 0.255 e. The van der Waals surface area contributed by atoms with Gasteiger partial charge in [0.2, 0.25) is 0 Å². The molecule has 0 saturated carbocycles. The zero-order chi connectivity index (χ0) is 23.5. The first-order valence-corrected chi connectivity index (χ1v) is 10.3. The first kappa shape index (κ1) is 22.7. The summed E-state index contributed by atoms with van der Waals surface area (Å²) in [6.07, 6.45) is 3.01. The molecule has 0 radical (unpaired) electrons. The van der Waals surface area contributed by atoms with E-state index in [1.807, 2.05) is 64.1 Å². The Labute approximate surface area is 187 Å². The fraction of sp³-hybridized carbons (Fsp3) is 0.231. The van der Waals surface area contributed by atoms with Crippen LogP contribution in [0.1, 0.15) is 38.8 Å². The summed E-state index contributed by atoms with van der Waals surface area (Å²) in [5.74, 6) is -0.475. The van der Waals surface area contributed by atoms with Crippen LogP contribution < -0.4 is 21.1 Å². The highest BCUT2D eigenvalue weighted by atomic mass is 16.2. The molecule has 1 atom stereocenters. The van der Waals surface area contributed by atoms with Gasteiger partial charge in [-0.15, -0.1) is 0 Å². The number of nitrogens with zero attached hydrogens (tertiary/aromatic N) is 2. The van der Waals surface area contributed by atoms with Gasteiger partial charge in [0.25, 0.3) is 16.8 Å². The van der Waals surface area contributed by atoms with Crippen LogP contribution in [0.3, 0.4) is 0 Å². The minimum absolute atomic E-state index is 0.0125. The fourth-order valence-electron chi connectivity index (χ4n) is 3.02. The summed E-state index contributed by atoms with van der Waals surface area (Å²) in [4.78, 5) is 39.5. The summed E-state index contributed by atoms with van der Waals surface area (Å²) < 4.78 is 0. The second-order valence-corrected chi connectivity index (χ2v) is 8.69. The zero-order valence-electron chi connectivity index (χ0n) is 18.5. The number of rotatable bonds is 6. The number of hydrogen-bond acceptors (Lipinski definition) is 5. The van der Waals surface area contributed by atoms with Crippen molar-refractivity contribution in [1.29, 1.82) is 5.26 Å². The van der Waals surface area contributed by atoms with E-state index in [9.17, 15) is 14.4 Å². The highest BCUT2D eigenvalue weighted by molar-refractivity contribution is 6.11. The Morgan fingerprint density at radius 3 is 2.22 bits per heavy atom. The third kappa shape index (κ3) is 4.68. The molecule has 3 rings (SSSR count). The van der Waals surface area contributed by atoms with Gasteiger partial charge >= 0.3 is 0 Å². The van der Waals surface area contributed by atoms with E-state index in [2.05, 4.69) is 5.32 Å². The van der Waals surface area contributed by atoms with Crippen LogP contribution in [0.5, 0.6) is 0 Å². The Balaban J connectivity index is 2.06. The molecule has 0 aromatic heterocycles. The van der Waals surface area contributed by atoms with Crippen molar-refractivity contribution in [2.45, 2.75) is 33.7 Å². The maximum atomic E-state index is 13.2. The molecule has 3 aromatic rings. The molecule has 6 nitrogen and oxygen atoms in total. The average Bonchev–Trinajstić information content (AvgIpc) is 2.79. The minimum atomic E-state index is -0.723. The van der Waals surface area contributed by atoms with Crippen molar-refractivity contribution >= 4 is 29.0 Å². The SMILES string of the molecule is CC(Nc1c(N(C(=O)/C=C/c2ccccc2)c2ccc(C#N)cc2)c(=O)c1=O)C(C)(C)C. The zero-order valence-corrected chi connectivity index (χ0v) is 18.5. The molecule has 162 valence electrons. The molecule has 1 amide bonds. The molecule has 0 aliphatic heterocycles. The maximum absolute atomic E-state index is 13.2. The van der Waals surface area contributed by atoms with Crippen LogP contribution in [0, 0.1) is 16.7 Å². The van der Waals surface area contributed by atoms with Crippen LogP contribution in [-0.2, 0) is 4.79 Å². The Kier molecular flexibility index (Phi) is 6.40. The molecule has 6 heteroatoms. The number of benzene rings is 2. The predicted molar refractivity (Wildman–Crippen MR) is 128 cm³/mol. The lowest BCUT2D eigenvalue weighted by atomic mass is 9.87. The quantitative estimate of drug-likeness (QED) is 0.466. The van der Waals surface area contributed by atoms with Crippen molar-refractivity contribution in [2.75, 3.05) is 10.2 Å². The minimum Gasteiger partial charge on any atom is -0.377 e. The van der Waals surface area contributed by atoms with Crippen LogP contribution in [0.15, 0.2) is 70.3 Å². The van der Waals surface area contributed by atoms with Gasteiger partial charge < -0.3 is 5.32 Å². The third-order valence-corrected chi connectivity index (χ3v) is 5.46. The van der Waals surface area contributed by atoms with Crippen molar-refractivity contribution in [1.82, 2.24) is 0 Å². The van der Waals surface area contributed by atoms with Crippen molar-refractivity contribution < 1.29 is 4.79 Å². The second kappa shape index (κ2) is 9.03. The molecular weight excluding hydrogens is 402 g/mol. The van der Waals surface area contributed by atoms with Gasteiger partial charge in [-0.3, -0.25) is 19.3 Å². The first-order valence-electron chi connectivity index (χ1n) is 10.3. The predicted octanol–water partition coefficient (Wildman–Crippen LogP) is 4.38. The van der Waals surface area contributed by atoms with Crippen molar-refractivity contribution in [3.8, 4) is 6.07 Å². The van der Waals surface area contributed by atoms with Gasteiger partial charge in [-0.05, 0) is 48.2 Å². The molecule has 0 spiro atoms. The molecule has 0 heterocycles. The lowest BCUT2D eigenvalue weighted by Crippen LogP contribution is -2.45. The molecule has 0 saturated heterocycles. The Morgan fingerprint density at radius 2 is 1.66 bits per heavy atom. The Hall–Kier alpha value is -3.98. The molecule has 0 fully saturated rings. The molecule has 32 heavy (non-hydrogen) atoms. The number of carbonyl (C=O) groups excluding carboxylic acids is 1. The molecule has 0 aliphatic rings. The van der Waals surface area contributed by atoms with Gasteiger partial charge in [0.05, 0.1) is 11.6 Å². The van der Waals surface area contributed by atoms with Gasteiger partial charge in [-0.2, -0.15) is 5.26 Å². The first-order chi connectivity index (χ1) is 15.1. The van der Waals surface area contributed by atoms with Gasteiger partial charge in [0.1, 0.15) is 11.4 Å². The largest absolute Gasteiger partial charge is 0.377 e. The topological polar surface area (TPSA) is 90.3 Å². The van der Waals surface area contributed by atoms with E-state index in [1.54, 1.807) is 30.3 Å². The maximum Gasteiger partial charge on any atom is 0.255 e. The number of hydrogen-bond donors (Lipinski definition) is 1. The molecule has 1 N–H and O–H groups in total. The summed E-state index contributed by atoms with van der Waals surface area (Å²) in [5, 5.41) is 12.2. The standard InChI is InChI=1S/C26H25N3O3/c1-17(26(2,3)4)28-22-23(25(32)24(22)31)29(20-13-10-19(16-27)11-14-20)21(30)15-12-18-8-6-5-7-9-18/h5-15,17,28H,1-4H3/b15-12+. The van der Waals surface area contributed by atoms with Crippen LogP contribution >= 0.6 is 0 Å². The van der Waals surface area contributed by atoms with Crippen molar-refractivity contribution in [3.63, 3.8) is 0 Å². The average molecular weight is 428 g/mol. The number of nitrogens with one attached hydrogen (secondary N) is 1. The monoisotopic (exact) mass is 427 g/mol. The van der Waals surface area contributed by atoms with E-state index in [0.29, 0.717) is 11.3 Å². The van der Waals surface area contributed by atoms with Crippen LogP contribution in [0.4, 0.5) is 17.1 Å². The van der Waals surface area contributed by atoms with Crippen molar-refractivity contribution in [2.24, 2.45) is 5.41 Å². The van der Waals surface area contributed by atoms with Gasteiger partial charge in [-0.25, -0.2) is 0 Å². The highest BCUT2D eigenvalue weighted by Gasteiger charge is 2.32. The van der Waals surface area contributed by atoms with Crippen LogP contribution in [0.25, 0.3) is 6.08 Å². The molecular formula is C26H25N3O3. The van der Waals surface area contributed by atoms with Crippen molar-refractivity contribution in [3.05, 3.63) is 92.2 Å². The highest BCUT2D eigenvalue weighted by Crippen LogP contribution is 2.32. The fourth-order valence-corrected chi connectivity index (χ4v) is 3.02. The summed E-state index contributed by atoms with van der Waals surface area (Å²) >= 11 is 0. The van der Waals surface area contributed by atoms with E-state index < -0.39 is 16.8 Å². The lowest BCUT2D eigenvalue weighted by Gasteiger charge is -2.32. The number of amides is 1. The van der Waals surface area contributed by atoms with Crippen LogP contribution in [0.2, 0.25) is 0 Å². The second-order valence-electron chi connectivity index (χ2n) is 8.69. The normalized spacial score (nSPS) is 12.5. The number of nitriles is 1. The Morgan fingerprint density at radius 1 is 1.03 bits per heavy atom. The van der Waals surface area contributed by atoms with Crippen LogP contribution in [-0.4, -0.2) is 11.9 Å². The summed E-state index contributed by atoms with van der Waals surface area (Å²) in [6, 6.07) is 17.5. The Bertz CT molecular complexity index is 1250. The molecule has 3 aromatic carbocycles. The lowest BCUT2D eigenvalue weighted by molar-refractivity contribution is -0.113. The summed E-state index contributed by atoms with van der Waals surface area (Å²) in [5.41, 5.74) is 0.241. The molecule has 1 unspecified atom stereocenters. The van der Waals surface area contributed by atoms with E-state index in [-0.39, 0.29) is 22.8 Å². The number of anilines is 3. The summed E-state index contributed by atoms with van der Waals surface area (Å²) in [6.45, 7) is 7.97. The van der Waals surface area contributed by atoms with Gasteiger partial charge in [0.15, 0.2) is 0 Å². The van der Waals surface area contributed by atoms with E-state index >= 15 is 0 Å². The molecule has 0 bridgehead atoms. The van der Waals surface area contributed by atoms with E-state index in [4.69, 9.17) is 5.26 Å².